The molecule has 0 radical (unpaired) electrons. The quantitative estimate of drug-likeness (QED) is 0.494. The topological polar surface area (TPSA) is 52.7 Å². The smallest absolute Gasteiger partial charge is 0.246 e. The molecule has 2 amide bonds. The van der Waals surface area contributed by atoms with Gasteiger partial charge in [0.25, 0.3) is 0 Å². The first kappa shape index (κ1) is 25.7. The molecule has 2 fully saturated rings. The number of amides is 2. The van der Waals surface area contributed by atoms with Crippen molar-refractivity contribution in [2.24, 2.45) is 5.92 Å². The third-order valence-electron chi connectivity index (χ3n) is 7.46. The van der Waals surface area contributed by atoms with E-state index >= 15 is 0 Å². The monoisotopic (exact) mass is 495 g/mol. The summed E-state index contributed by atoms with van der Waals surface area (Å²) in [6.07, 6.45) is 5.37. The lowest BCUT2D eigenvalue weighted by molar-refractivity contribution is -0.162. The first-order valence-electron chi connectivity index (χ1n) is 13.0. The summed E-state index contributed by atoms with van der Waals surface area (Å²) < 4.78 is 0. The predicted molar refractivity (Wildman–Crippen MR) is 141 cm³/mol. The molecule has 0 aromatic heterocycles. The Morgan fingerprint density at radius 3 is 2.40 bits per heavy atom. The van der Waals surface area contributed by atoms with Gasteiger partial charge in [0, 0.05) is 24.7 Å². The first-order valence-corrected chi connectivity index (χ1v) is 13.4. The molecular weight excluding hydrogens is 458 g/mol. The van der Waals surface area contributed by atoms with E-state index in [-0.39, 0.29) is 11.8 Å². The van der Waals surface area contributed by atoms with Gasteiger partial charge in [0.2, 0.25) is 11.8 Å². The maximum atomic E-state index is 13.7. The van der Waals surface area contributed by atoms with Crippen molar-refractivity contribution in [3.05, 3.63) is 70.7 Å². The maximum Gasteiger partial charge on any atom is 0.246 e. The number of likely N-dealkylation sites (tertiary alicyclic amines) is 1. The van der Waals surface area contributed by atoms with Crippen molar-refractivity contribution < 1.29 is 9.59 Å². The van der Waals surface area contributed by atoms with Gasteiger partial charge in [0.15, 0.2) is 0 Å². The molecule has 2 aromatic rings. The van der Waals surface area contributed by atoms with Crippen LogP contribution in [0.15, 0.2) is 54.6 Å². The molecule has 2 aliphatic heterocycles. The van der Waals surface area contributed by atoms with Crippen molar-refractivity contribution in [2.75, 3.05) is 19.6 Å². The molecule has 1 N–H and O–H groups in total. The van der Waals surface area contributed by atoms with E-state index in [0.717, 1.165) is 44.5 Å². The lowest BCUT2D eigenvalue weighted by atomic mass is 9.80. The fourth-order valence-electron chi connectivity index (χ4n) is 5.51. The maximum absolute atomic E-state index is 13.7. The van der Waals surface area contributed by atoms with Crippen LogP contribution in [0.25, 0.3) is 0 Å². The van der Waals surface area contributed by atoms with Gasteiger partial charge in [-0.1, -0.05) is 67.9 Å². The number of carbonyl (C=O) groups is 2. The molecule has 0 bridgehead atoms. The van der Waals surface area contributed by atoms with Crippen LogP contribution in [0, 0.1) is 5.92 Å². The summed E-state index contributed by atoms with van der Waals surface area (Å²) in [4.78, 5) is 31.5. The van der Waals surface area contributed by atoms with E-state index in [1.807, 2.05) is 29.2 Å². The summed E-state index contributed by atoms with van der Waals surface area (Å²) in [5, 5.41) is 3.74. The highest BCUT2D eigenvalue weighted by molar-refractivity contribution is 6.30. The van der Waals surface area contributed by atoms with Crippen molar-refractivity contribution in [3.8, 4) is 0 Å². The van der Waals surface area contributed by atoms with E-state index in [0.29, 0.717) is 36.7 Å². The van der Waals surface area contributed by atoms with Crippen LogP contribution in [-0.2, 0) is 22.6 Å². The molecule has 0 unspecified atom stereocenters. The van der Waals surface area contributed by atoms with E-state index in [2.05, 4.69) is 54.4 Å². The van der Waals surface area contributed by atoms with Gasteiger partial charge >= 0.3 is 0 Å². The van der Waals surface area contributed by atoms with Gasteiger partial charge in [-0.25, -0.2) is 0 Å². The second-order valence-electron chi connectivity index (χ2n) is 10.5. The van der Waals surface area contributed by atoms with Crippen LogP contribution in [0.4, 0.5) is 0 Å². The third kappa shape index (κ3) is 6.25. The summed E-state index contributed by atoms with van der Waals surface area (Å²) in [7, 11) is 0. The Labute approximate surface area is 214 Å². The fourth-order valence-corrected chi connectivity index (χ4v) is 5.72. The minimum Gasteiger partial charge on any atom is -0.342 e. The molecule has 4 rings (SSSR count). The zero-order chi connectivity index (χ0) is 24.8. The second kappa shape index (κ2) is 11.6. The average Bonchev–Trinajstić information content (AvgIpc) is 2.84. The summed E-state index contributed by atoms with van der Waals surface area (Å²) in [6.45, 7) is 7.27. The van der Waals surface area contributed by atoms with Gasteiger partial charge in [-0.15, -0.1) is 0 Å². The van der Waals surface area contributed by atoms with Gasteiger partial charge in [-0.3, -0.25) is 9.59 Å². The Morgan fingerprint density at radius 2 is 1.71 bits per heavy atom. The zero-order valence-electron chi connectivity index (χ0n) is 21.0. The molecule has 2 heterocycles. The number of halogens is 1. The average molecular weight is 496 g/mol. The van der Waals surface area contributed by atoms with Crippen LogP contribution in [0.2, 0.25) is 5.02 Å². The Kier molecular flexibility index (Phi) is 8.51. The zero-order valence-corrected chi connectivity index (χ0v) is 21.8. The molecular formula is C29H38ClN3O2. The largest absolute Gasteiger partial charge is 0.342 e. The fraction of sp³-hybridized carbons (Fsp3) is 0.517. The molecule has 2 saturated heterocycles. The molecule has 188 valence electrons. The molecule has 0 aliphatic carbocycles. The van der Waals surface area contributed by atoms with Gasteiger partial charge in [0.1, 0.15) is 11.6 Å². The predicted octanol–water partition coefficient (Wildman–Crippen LogP) is 5.07. The summed E-state index contributed by atoms with van der Waals surface area (Å²) in [6, 6.07) is 17.8. The van der Waals surface area contributed by atoms with Crippen molar-refractivity contribution in [2.45, 2.75) is 70.5 Å². The highest BCUT2D eigenvalue weighted by Gasteiger charge is 2.53. The number of rotatable bonds is 9. The third-order valence-corrected chi connectivity index (χ3v) is 7.70. The molecule has 1 atom stereocenters. The number of piperazine rings is 1. The molecule has 35 heavy (non-hydrogen) atoms. The molecule has 2 aromatic carbocycles. The van der Waals surface area contributed by atoms with E-state index < -0.39 is 11.6 Å². The van der Waals surface area contributed by atoms with Crippen LogP contribution in [0.3, 0.4) is 0 Å². The van der Waals surface area contributed by atoms with Crippen LogP contribution < -0.4 is 5.32 Å². The minimum absolute atomic E-state index is 0.00788. The highest BCUT2D eigenvalue weighted by atomic mass is 35.5. The van der Waals surface area contributed by atoms with Crippen LogP contribution in [0.5, 0.6) is 0 Å². The van der Waals surface area contributed by atoms with E-state index in [4.69, 9.17) is 11.6 Å². The van der Waals surface area contributed by atoms with Crippen LogP contribution >= 0.6 is 11.6 Å². The van der Waals surface area contributed by atoms with Crippen molar-refractivity contribution in [1.82, 2.24) is 15.1 Å². The number of hydrogen-bond acceptors (Lipinski definition) is 3. The molecule has 0 saturated carbocycles. The standard InChI is InChI=1S/C29H38ClN3O2/c1-22(2)19-26-27(34)33(21-24-12-8-13-25(30)20-24)29(28(35)31-26)14-17-32(18-15-29)16-7-6-11-23-9-4-3-5-10-23/h3-5,8-10,12-13,20,22,26H,6-7,11,14-19,21H2,1-2H3,(H,31,35)/t26-/m0/s1. The molecule has 6 heteroatoms. The number of aryl methyl sites for hydroxylation is 1. The van der Waals surface area contributed by atoms with Crippen molar-refractivity contribution in [1.29, 1.82) is 0 Å². The number of hydrogen-bond donors (Lipinski definition) is 1. The number of benzene rings is 2. The van der Waals surface area contributed by atoms with Gasteiger partial charge in [-0.2, -0.15) is 0 Å². The normalized spacial score (nSPS) is 20.5. The lowest BCUT2D eigenvalue weighted by Gasteiger charge is -2.52. The van der Waals surface area contributed by atoms with E-state index in [1.165, 1.54) is 5.56 Å². The summed E-state index contributed by atoms with van der Waals surface area (Å²) in [5.41, 5.74) is 1.56. The molecule has 1 spiro atoms. The minimum atomic E-state index is -0.784. The van der Waals surface area contributed by atoms with Crippen molar-refractivity contribution >= 4 is 23.4 Å². The number of nitrogens with zero attached hydrogens (tertiary/aromatic N) is 2. The SMILES string of the molecule is CC(C)C[C@@H]1NC(=O)C2(CCN(CCCCc3ccccc3)CC2)N(Cc2cccc(Cl)c2)C1=O. The van der Waals surface area contributed by atoms with Gasteiger partial charge in [-0.05, 0) is 74.2 Å². The van der Waals surface area contributed by atoms with Gasteiger partial charge < -0.3 is 15.1 Å². The number of piperidine rings is 1. The molecule has 2 aliphatic rings. The Balaban J connectivity index is 1.41. The molecule has 5 nitrogen and oxygen atoms in total. The van der Waals surface area contributed by atoms with E-state index in [9.17, 15) is 9.59 Å². The Hall–Kier alpha value is -2.37. The number of nitrogens with one attached hydrogen (secondary N) is 1. The Morgan fingerprint density at radius 1 is 1.00 bits per heavy atom. The number of unbranched alkanes of at least 4 members (excludes halogenated alkanes) is 1. The highest BCUT2D eigenvalue weighted by Crippen LogP contribution is 2.35. The summed E-state index contributed by atoms with van der Waals surface area (Å²) in [5.74, 6) is 0.368. The van der Waals surface area contributed by atoms with Crippen LogP contribution in [0.1, 0.15) is 57.1 Å². The van der Waals surface area contributed by atoms with E-state index in [1.54, 1.807) is 0 Å². The lowest BCUT2D eigenvalue weighted by Crippen LogP contribution is -2.72. The summed E-state index contributed by atoms with van der Waals surface area (Å²) >= 11 is 6.23. The van der Waals surface area contributed by atoms with Gasteiger partial charge in [0.05, 0.1) is 0 Å². The number of carbonyl (C=O) groups excluding carboxylic acids is 2. The van der Waals surface area contributed by atoms with Crippen LogP contribution in [-0.4, -0.2) is 52.8 Å². The second-order valence-corrected chi connectivity index (χ2v) is 11.0. The Bertz CT molecular complexity index is 1000. The van der Waals surface area contributed by atoms with Crippen molar-refractivity contribution in [3.63, 3.8) is 0 Å². The first-order chi connectivity index (χ1) is 16.9.